The molecule has 3 heteroatoms. The van der Waals surface area contributed by atoms with Gasteiger partial charge in [-0.3, -0.25) is 4.79 Å². The maximum Gasteiger partial charge on any atom is 0.246 e. The number of carbonyl (C=O) groups is 1. The highest BCUT2D eigenvalue weighted by atomic mass is 16.5. The number of nitrogens with two attached hydrogens (primary N) is 1. The minimum absolute atomic E-state index is 0.132. The SMILES string of the molecule is COC(C(N)=O)C(C)CC(C)=C(C)C. The first-order chi connectivity index (χ1) is 6.40. The summed E-state index contributed by atoms with van der Waals surface area (Å²) in [6, 6.07) is 0. The van der Waals surface area contributed by atoms with Crippen LogP contribution in [-0.4, -0.2) is 19.1 Å². The van der Waals surface area contributed by atoms with Crippen LogP contribution in [0.5, 0.6) is 0 Å². The van der Waals surface area contributed by atoms with Crippen LogP contribution in [0.25, 0.3) is 0 Å². The van der Waals surface area contributed by atoms with E-state index in [1.54, 1.807) is 0 Å². The van der Waals surface area contributed by atoms with Crippen LogP contribution >= 0.6 is 0 Å². The Hall–Kier alpha value is -0.830. The van der Waals surface area contributed by atoms with Gasteiger partial charge in [0.05, 0.1) is 0 Å². The van der Waals surface area contributed by atoms with Crippen molar-refractivity contribution in [3.05, 3.63) is 11.1 Å². The minimum Gasteiger partial charge on any atom is -0.371 e. The van der Waals surface area contributed by atoms with Crippen molar-refractivity contribution in [2.45, 2.75) is 40.2 Å². The summed E-state index contributed by atoms with van der Waals surface area (Å²) in [5.41, 5.74) is 7.80. The fourth-order valence-corrected chi connectivity index (χ4v) is 1.42. The summed E-state index contributed by atoms with van der Waals surface area (Å²) in [6.45, 7) is 8.17. The van der Waals surface area contributed by atoms with Crippen LogP contribution in [-0.2, 0) is 9.53 Å². The minimum atomic E-state index is -0.482. The van der Waals surface area contributed by atoms with Gasteiger partial charge in [0, 0.05) is 7.11 Å². The number of allylic oxidation sites excluding steroid dienone is 2. The number of methoxy groups -OCH3 is 1. The maximum atomic E-state index is 11.0. The first-order valence-corrected chi connectivity index (χ1v) is 4.85. The quantitative estimate of drug-likeness (QED) is 0.687. The molecule has 82 valence electrons. The van der Waals surface area contributed by atoms with Crippen molar-refractivity contribution in [1.82, 2.24) is 0 Å². The smallest absolute Gasteiger partial charge is 0.246 e. The molecule has 0 heterocycles. The molecule has 0 spiro atoms. The summed E-state index contributed by atoms with van der Waals surface area (Å²) in [6.07, 6.45) is 0.369. The first-order valence-electron chi connectivity index (χ1n) is 4.85. The van der Waals surface area contributed by atoms with Crippen molar-refractivity contribution < 1.29 is 9.53 Å². The summed E-state index contributed by atoms with van der Waals surface area (Å²) in [5, 5.41) is 0. The van der Waals surface area contributed by atoms with Gasteiger partial charge in [-0.15, -0.1) is 0 Å². The average molecular weight is 199 g/mol. The molecule has 0 aromatic rings. The van der Waals surface area contributed by atoms with E-state index in [0.29, 0.717) is 0 Å². The summed E-state index contributed by atoms with van der Waals surface area (Å²) in [4.78, 5) is 11.0. The summed E-state index contributed by atoms with van der Waals surface area (Å²) < 4.78 is 5.06. The van der Waals surface area contributed by atoms with Gasteiger partial charge in [-0.25, -0.2) is 0 Å². The predicted molar refractivity (Wildman–Crippen MR) is 57.8 cm³/mol. The molecule has 0 bridgehead atoms. The molecule has 2 N–H and O–H groups in total. The zero-order chi connectivity index (χ0) is 11.3. The van der Waals surface area contributed by atoms with E-state index in [9.17, 15) is 4.79 Å². The van der Waals surface area contributed by atoms with Gasteiger partial charge in [0.25, 0.3) is 0 Å². The second kappa shape index (κ2) is 5.81. The zero-order valence-corrected chi connectivity index (χ0v) is 9.76. The highest BCUT2D eigenvalue weighted by Gasteiger charge is 2.22. The zero-order valence-electron chi connectivity index (χ0n) is 9.76. The van der Waals surface area contributed by atoms with Gasteiger partial charge >= 0.3 is 0 Å². The summed E-state index contributed by atoms with van der Waals surface area (Å²) >= 11 is 0. The maximum absolute atomic E-state index is 11.0. The molecule has 0 radical (unpaired) electrons. The molecule has 1 amide bonds. The van der Waals surface area contributed by atoms with Crippen molar-refractivity contribution in [3.8, 4) is 0 Å². The molecule has 2 unspecified atom stereocenters. The third-order valence-electron chi connectivity index (χ3n) is 2.53. The van der Waals surface area contributed by atoms with Gasteiger partial charge in [0.2, 0.25) is 5.91 Å². The highest BCUT2D eigenvalue weighted by molar-refractivity contribution is 5.79. The topological polar surface area (TPSA) is 52.3 Å². The molecule has 0 aliphatic heterocycles. The Balaban J connectivity index is 4.39. The Kier molecular flexibility index (Phi) is 5.46. The van der Waals surface area contributed by atoms with Crippen LogP contribution in [0, 0.1) is 5.92 Å². The van der Waals surface area contributed by atoms with E-state index in [-0.39, 0.29) is 11.8 Å². The Bertz CT molecular complexity index is 229. The van der Waals surface area contributed by atoms with E-state index in [1.165, 1.54) is 18.3 Å². The summed E-state index contributed by atoms with van der Waals surface area (Å²) in [7, 11) is 1.52. The lowest BCUT2D eigenvalue weighted by Gasteiger charge is -2.20. The van der Waals surface area contributed by atoms with Crippen molar-refractivity contribution in [2.75, 3.05) is 7.11 Å². The second-order valence-electron chi connectivity index (χ2n) is 4.02. The average Bonchev–Trinajstić information content (AvgIpc) is 2.04. The predicted octanol–water partition coefficient (Wildman–Crippen LogP) is 1.87. The van der Waals surface area contributed by atoms with E-state index in [1.807, 2.05) is 6.92 Å². The number of amides is 1. The van der Waals surface area contributed by atoms with E-state index in [2.05, 4.69) is 20.8 Å². The number of hydrogen-bond donors (Lipinski definition) is 1. The van der Waals surface area contributed by atoms with Crippen LogP contribution in [0.1, 0.15) is 34.1 Å². The molecule has 0 aromatic heterocycles. The van der Waals surface area contributed by atoms with Gasteiger partial charge in [-0.2, -0.15) is 0 Å². The van der Waals surface area contributed by atoms with E-state index in [0.717, 1.165) is 6.42 Å². The molecule has 14 heavy (non-hydrogen) atoms. The van der Waals surface area contributed by atoms with Crippen molar-refractivity contribution in [2.24, 2.45) is 11.7 Å². The Morgan fingerprint density at radius 2 is 1.86 bits per heavy atom. The molecular formula is C11H21NO2. The Morgan fingerprint density at radius 3 is 2.14 bits per heavy atom. The van der Waals surface area contributed by atoms with E-state index < -0.39 is 6.10 Å². The van der Waals surface area contributed by atoms with Crippen molar-refractivity contribution in [3.63, 3.8) is 0 Å². The fourth-order valence-electron chi connectivity index (χ4n) is 1.42. The molecule has 0 aliphatic carbocycles. The Labute approximate surface area is 86.3 Å². The standard InChI is InChI=1S/C11H21NO2/c1-7(2)8(3)6-9(4)10(14-5)11(12)13/h9-10H,6H2,1-5H3,(H2,12,13). The third-order valence-corrected chi connectivity index (χ3v) is 2.53. The molecule has 0 saturated carbocycles. The van der Waals surface area contributed by atoms with Gasteiger partial charge in [-0.1, -0.05) is 18.1 Å². The van der Waals surface area contributed by atoms with Crippen molar-refractivity contribution >= 4 is 5.91 Å². The molecular weight excluding hydrogens is 178 g/mol. The molecule has 0 aliphatic rings. The van der Waals surface area contributed by atoms with Crippen LogP contribution in [0.15, 0.2) is 11.1 Å². The normalized spacial score (nSPS) is 14.6. The molecule has 0 fully saturated rings. The lowest BCUT2D eigenvalue weighted by Crippen LogP contribution is -2.35. The van der Waals surface area contributed by atoms with E-state index in [4.69, 9.17) is 10.5 Å². The first kappa shape index (κ1) is 13.2. The molecule has 0 aromatic carbocycles. The number of rotatable bonds is 5. The van der Waals surface area contributed by atoms with Crippen LogP contribution in [0.2, 0.25) is 0 Å². The van der Waals surface area contributed by atoms with Crippen molar-refractivity contribution in [1.29, 1.82) is 0 Å². The van der Waals surface area contributed by atoms with Gasteiger partial charge < -0.3 is 10.5 Å². The second-order valence-corrected chi connectivity index (χ2v) is 4.02. The number of ether oxygens (including phenoxy) is 1. The third kappa shape index (κ3) is 3.92. The van der Waals surface area contributed by atoms with Crippen LogP contribution in [0.4, 0.5) is 0 Å². The van der Waals surface area contributed by atoms with Gasteiger partial charge in [0.15, 0.2) is 0 Å². The molecule has 3 nitrogen and oxygen atoms in total. The molecule has 2 atom stereocenters. The summed E-state index contributed by atoms with van der Waals surface area (Å²) in [5.74, 6) is -0.256. The highest BCUT2D eigenvalue weighted by Crippen LogP contribution is 2.18. The van der Waals surface area contributed by atoms with Crippen LogP contribution < -0.4 is 5.73 Å². The molecule has 0 saturated heterocycles. The fraction of sp³-hybridized carbons (Fsp3) is 0.727. The molecule has 0 rings (SSSR count). The lowest BCUT2D eigenvalue weighted by atomic mass is 9.94. The monoisotopic (exact) mass is 199 g/mol. The largest absolute Gasteiger partial charge is 0.371 e. The van der Waals surface area contributed by atoms with Gasteiger partial charge in [-0.05, 0) is 33.1 Å². The number of primary amides is 1. The lowest BCUT2D eigenvalue weighted by molar-refractivity contribution is -0.130. The van der Waals surface area contributed by atoms with E-state index >= 15 is 0 Å². The Morgan fingerprint density at radius 1 is 1.36 bits per heavy atom. The number of hydrogen-bond acceptors (Lipinski definition) is 2. The number of carbonyl (C=O) groups excluding carboxylic acids is 1. The van der Waals surface area contributed by atoms with Gasteiger partial charge in [0.1, 0.15) is 6.10 Å². The van der Waals surface area contributed by atoms with Crippen LogP contribution in [0.3, 0.4) is 0 Å².